The van der Waals surface area contributed by atoms with Crippen LogP contribution < -0.4 is 5.32 Å². The van der Waals surface area contributed by atoms with Crippen LogP contribution in [0.2, 0.25) is 0 Å². The van der Waals surface area contributed by atoms with Crippen molar-refractivity contribution in [1.29, 1.82) is 0 Å². The van der Waals surface area contributed by atoms with Crippen LogP contribution in [0.3, 0.4) is 0 Å². The molecule has 0 aromatic heterocycles. The van der Waals surface area contributed by atoms with E-state index in [0.29, 0.717) is 6.04 Å². The lowest BCUT2D eigenvalue weighted by Crippen LogP contribution is -2.15. The molecule has 1 N–H and O–H groups in total. The fraction of sp³-hybridized carbons (Fsp3) is 0.474. The van der Waals surface area contributed by atoms with Crippen LogP contribution in [-0.4, -0.2) is 6.04 Å². The van der Waals surface area contributed by atoms with Crippen molar-refractivity contribution in [3.05, 3.63) is 47.1 Å². The summed E-state index contributed by atoms with van der Waals surface area (Å²) in [6.45, 7) is 4.47. The van der Waals surface area contributed by atoms with Gasteiger partial charge in [0.2, 0.25) is 0 Å². The summed E-state index contributed by atoms with van der Waals surface area (Å²) in [6, 6.07) is 7.50. The van der Waals surface area contributed by atoms with Crippen LogP contribution in [0.15, 0.2) is 35.9 Å². The maximum Gasteiger partial charge on any atom is 0.0555 e. The Labute approximate surface area is 122 Å². The second kappa shape index (κ2) is 5.87. The third-order valence-corrected chi connectivity index (χ3v) is 4.48. The van der Waals surface area contributed by atoms with E-state index in [4.69, 9.17) is 0 Å². The fourth-order valence-electron chi connectivity index (χ4n) is 3.29. The Kier molecular flexibility index (Phi) is 3.95. The Morgan fingerprint density at radius 1 is 1.20 bits per heavy atom. The van der Waals surface area contributed by atoms with Gasteiger partial charge in [-0.05, 0) is 49.5 Å². The lowest BCUT2D eigenvalue weighted by atomic mass is 9.92. The van der Waals surface area contributed by atoms with Crippen LogP contribution in [0.1, 0.15) is 57.1 Å². The zero-order valence-corrected chi connectivity index (χ0v) is 12.7. The average molecular weight is 267 g/mol. The topological polar surface area (TPSA) is 12.0 Å². The molecule has 1 aromatic carbocycles. The summed E-state index contributed by atoms with van der Waals surface area (Å²) in [7, 11) is 0. The third-order valence-electron chi connectivity index (χ3n) is 4.48. The van der Waals surface area contributed by atoms with Gasteiger partial charge in [0.25, 0.3) is 0 Å². The van der Waals surface area contributed by atoms with E-state index in [1.54, 1.807) is 0 Å². The zero-order valence-electron chi connectivity index (χ0n) is 12.7. The van der Waals surface area contributed by atoms with Crippen molar-refractivity contribution >= 4 is 11.3 Å². The molecule has 0 bridgehead atoms. The predicted octanol–water partition coefficient (Wildman–Crippen LogP) is 5.34. The van der Waals surface area contributed by atoms with E-state index in [-0.39, 0.29) is 0 Å². The van der Waals surface area contributed by atoms with Crippen molar-refractivity contribution in [2.75, 3.05) is 5.32 Å². The summed E-state index contributed by atoms with van der Waals surface area (Å²) in [6.07, 6.45) is 12.4. The maximum absolute atomic E-state index is 3.65. The van der Waals surface area contributed by atoms with Gasteiger partial charge in [-0.3, -0.25) is 0 Å². The number of hydrogen-bond acceptors (Lipinski definition) is 1. The van der Waals surface area contributed by atoms with Crippen LogP contribution in [0, 0.1) is 0 Å². The molecule has 20 heavy (non-hydrogen) atoms. The van der Waals surface area contributed by atoms with E-state index in [2.05, 4.69) is 49.5 Å². The lowest BCUT2D eigenvalue weighted by molar-refractivity contribution is 0.667. The van der Waals surface area contributed by atoms with Crippen LogP contribution in [0.4, 0.5) is 5.69 Å². The number of anilines is 1. The van der Waals surface area contributed by atoms with E-state index in [1.807, 2.05) is 0 Å². The molecule has 2 aliphatic rings. The normalized spacial score (nSPS) is 19.8. The molecule has 1 nitrogen and oxygen atoms in total. The second-order valence-corrected chi connectivity index (χ2v) is 6.17. The second-order valence-electron chi connectivity index (χ2n) is 6.17. The number of hydrogen-bond donors (Lipinski definition) is 1. The van der Waals surface area contributed by atoms with Gasteiger partial charge in [-0.15, -0.1) is 0 Å². The Balaban J connectivity index is 1.76. The minimum absolute atomic E-state index is 0.504. The molecule has 1 heterocycles. The number of rotatable bonds is 5. The van der Waals surface area contributed by atoms with Crippen molar-refractivity contribution in [1.82, 2.24) is 0 Å². The third kappa shape index (κ3) is 2.67. The first kappa shape index (κ1) is 13.5. The monoisotopic (exact) mass is 267 g/mol. The Morgan fingerprint density at radius 3 is 2.95 bits per heavy atom. The van der Waals surface area contributed by atoms with Crippen molar-refractivity contribution in [3.8, 4) is 0 Å². The number of nitrogens with one attached hydrogen (secondary N) is 1. The van der Waals surface area contributed by atoms with Crippen molar-refractivity contribution in [3.63, 3.8) is 0 Å². The predicted molar refractivity (Wildman–Crippen MR) is 88.0 cm³/mol. The molecule has 1 atom stereocenters. The SMILES string of the molecule is CCCCCCc1ccc2c(c1)C1=CC(C)=CCC1N2. The molecule has 0 fully saturated rings. The zero-order chi connectivity index (χ0) is 13.9. The highest BCUT2D eigenvalue weighted by Gasteiger charge is 2.27. The first-order valence-electron chi connectivity index (χ1n) is 8.06. The smallest absolute Gasteiger partial charge is 0.0555 e. The minimum Gasteiger partial charge on any atom is -0.377 e. The molecular weight excluding hydrogens is 242 g/mol. The largest absolute Gasteiger partial charge is 0.377 e. The molecule has 0 spiro atoms. The van der Waals surface area contributed by atoms with E-state index in [9.17, 15) is 0 Å². The first-order chi connectivity index (χ1) is 9.78. The van der Waals surface area contributed by atoms with Crippen molar-refractivity contribution in [2.45, 2.75) is 58.4 Å². The standard InChI is InChI=1S/C19H25N/c1-3-4-5-6-7-15-9-11-19-17(13-15)16-12-14(2)8-10-18(16)20-19/h8-9,11-13,18,20H,3-7,10H2,1-2H3. The van der Waals surface area contributed by atoms with Crippen LogP contribution >= 0.6 is 0 Å². The van der Waals surface area contributed by atoms with E-state index >= 15 is 0 Å². The molecule has 3 rings (SSSR count). The molecule has 1 heteroatoms. The van der Waals surface area contributed by atoms with Gasteiger partial charge in [0.05, 0.1) is 6.04 Å². The highest BCUT2D eigenvalue weighted by atomic mass is 15.0. The average Bonchev–Trinajstić information content (AvgIpc) is 2.81. The summed E-state index contributed by atoms with van der Waals surface area (Å²) in [5.41, 5.74) is 7.15. The van der Waals surface area contributed by atoms with Crippen molar-refractivity contribution in [2.24, 2.45) is 0 Å². The molecule has 1 aliphatic heterocycles. The highest BCUT2D eigenvalue weighted by molar-refractivity contribution is 5.89. The molecule has 1 aromatic rings. The van der Waals surface area contributed by atoms with E-state index in [0.717, 1.165) is 6.42 Å². The molecule has 1 aliphatic carbocycles. The molecule has 106 valence electrons. The molecule has 0 amide bonds. The van der Waals surface area contributed by atoms with Crippen LogP contribution in [0.25, 0.3) is 5.57 Å². The Bertz CT molecular complexity index is 551. The van der Waals surface area contributed by atoms with Gasteiger partial charge in [0, 0.05) is 11.3 Å². The Hall–Kier alpha value is -1.50. The van der Waals surface area contributed by atoms with E-state index < -0.39 is 0 Å². The Morgan fingerprint density at radius 2 is 2.10 bits per heavy atom. The first-order valence-corrected chi connectivity index (χ1v) is 8.06. The molecule has 0 saturated heterocycles. The summed E-state index contributed by atoms with van der Waals surface area (Å²) in [5, 5.41) is 3.65. The van der Waals surface area contributed by atoms with Gasteiger partial charge in [-0.1, -0.05) is 50.0 Å². The molecule has 0 radical (unpaired) electrons. The highest BCUT2D eigenvalue weighted by Crippen LogP contribution is 2.40. The van der Waals surface area contributed by atoms with Gasteiger partial charge < -0.3 is 5.32 Å². The van der Waals surface area contributed by atoms with Crippen LogP contribution in [-0.2, 0) is 6.42 Å². The summed E-state index contributed by atoms with van der Waals surface area (Å²) in [5.74, 6) is 0. The van der Waals surface area contributed by atoms with E-state index in [1.165, 1.54) is 60.1 Å². The summed E-state index contributed by atoms with van der Waals surface area (Å²) >= 11 is 0. The molecular formula is C19H25N. The van der Waals surface area contributed by atoms with Gasteiger partial charge in [0.1, 0.15) is 0 Å². The number of allylic oxidation sites excluding steroid dienone is 2. The molecule has 0 saturated carbocycles. The number of fused-ring (bicyclic) bond motifs is 3. The van der Waals surface area contributed by atoms with Crippen LogP contribution in [0.5, 0.6) is 0 Å². The quantitative estimate of drug-likeness (QED) is 0.710. The number of unbranched alkanes of at least 4 members (excludes halogenated alkanes) is 3. The maximum atomic E-state index is 3.65. The van der Waals surface area contributed by atoms with Gasteiger partial charge in [-0.25, -0.2) is 0 Å². The van der Waals surface area contributed by atoms with Gasteiger partial charge in [0.15, 0.2) is 0 Å². The van der Waals surface area contributed by atoms with Crippen molar-refractivity contribution < 1.29 is 0 Å². The summed E-state index contributed by atoms with van der Waals surface area (Å²) in [4.78, 5) is 0. The lowest BCUT2D eigenvalue weighted by Gasteiger charge is -2.16. The van der Waals surface area contributed by atoms with Gasteiger partial charge in [-0.2, -0.15) is 0 Å². The minimum atomic E-state index is 0.504. The van der Waals surface area contributed by atoms with Gasteiger partial charge >= 0.3 is 0 Å². The fourth-order valence-corrected chi connectivity index (χ4v) is 3.29. The molecule has 1 unspecified atom stereocenters. The number of benzene rings is 1. The number of aryl methyl sites for hydroxylation is 1. The summed E-state index contributed by atoms with van der Waals surface area (Å²) < 4.78 is 0.